The van der Waals surface area contributed by atoms with Crippen LogP contribution in [-0.2, 0) is 16.1 Å². The van der Waals surface area contributed by atoms with Crippen LogP contribution in [0.25, 0.3) is 0 Å². The summed E-state index contributed by atoms with van der Waals surface area (Å²) >= 11 is 0. The van der Waals surface area contributed by atoms with Gasteiger partial charge in [0.2, 0.25) is 0 Å². The number of aliphatic hydroxyl groups excluding tert-OH is 1. The molecule has 0 fully saturated rings. The summed E-state index contributed by atoms with van der Waals surface area (Å²) in [6.45, 7) is 0.257. The number of hydrogen-bond acceptors (Lipinski definition) is 5. The number of benzene rings is 1. The summed E-state index contributed by atoms with van der Waals surface area (Å²) in [7, 11) is -1.00. The van der Waals surface area contributed by atoms with E-state index < -0.39 is 7.12 Å². The van der Waals surface area contributed by atoms with Gasteiger partial charge in [0.15, 0.2) is 6.61 Å². The van der Waals surface area contributed by atoms with Crippen molar-refractivity contribution in [1.82, 2.24) is 5.32 Å². The minimum Gasteiger partial charge on any atom is -0.484 e. The Kier molecular flexibility index (Phi) is 4.19. The van der Waals surface area contributed by atoms with Crippen LogP contribution in [0.2, 0.25) is 0 Å². The zero-order valence-electron chi connectivity index (χ0n) is 9.76. The average Bonchev–Trinajstić information content (AvgIpc) is 2.76. The Bertz CT molecular complexity index is 439. The molecule has 1 aliphatic heterocycles. The van der Waals surface area contributed by atoms with E-state index in [1.54, 1.807) is 12.1 Å². The van der Waals surface area contributed by atoms with Crippen molar-refractivity contribution in [2.45, 2.75) is 6.61 Å². The lowest BCUT2D eigenvalue weighted by atomic mass is 9.79. The Morgan fingerprint density at radius 1 is 1.56 bits per heavy atom. The number of hydrogen-bond donors (Lipinski definition) is 3. The van der Waals surface area contributed by atoms with Gasteiger partial charge in [0.1, 0.15) is 5.75 Å². The number of carbonyl (C=O) groups excluding carboxylic acids is 1. The number of fused-ring (bicyclic) bond motifs is 1. The lowest BCUT2D eigenvalue weighted by molar-refractivity contribution is -0.123. The summed E-state index contributed by atoms with van der Waals surface area (Å²) in [6, 6.07) is 5.29. The summed E-state index contributed by atoms with van der Waals surface area (Å²) in [6.07, 6.45) is 0. The van der Waals surface area contributed by atoms with E-state index in [1.165, 1.54) is 0 Å². The van der Waals surface area contributed by atoms with Crippen LogP contribution in [0.4, 0.5) is 0 Å². The normalized spacial score (nSPS) is 13.3. The molecule has 0 saturated carbocycles. The largest absolute Gasteiger partial charge is 0.495 e. The van der Waals surface area contributed by atoms with Gasteiger partial charge in [0.25, 0.3) is 5.91 Å². The molecule has 18 heavy (non-hydrogen) atoms. The SMILES string of the molecule is O=C(COc1cccc2c1B(O)OC2)NCCO. The Balaban J connectivity index is 1.98. The predicted octanol–water partition coefficient (Wildman–Crippen LogP) is -1.61. The summed E-state index contributed by atoms with van der Waals surface area (Å²) in [5.41, 5.74) is 1.43. The van der Waals surface area contributed by atoms with Crippen molar-refractivity contribution in [3.8, 4) is 5.75 Å². The Morgan fingerprint density at radius 3 is 3.17 bits per heavy atom. The summed E-state index contributed by atoms with van der Waals surface area (Å²) in [5.74, 6) is 0.117. The molecule has 3 N–H and O–H groups in total. The van der Waals surface area contributed by atoms with Gasteiger partial charge < -0.3 is 24.8 Å². The molecular formula is C11H14BNO5. The maximum atomic E-state index is 11.3. The fourth-order valence-corrected chi connectivity index (χ4v) is 1.76. The van der Waals surface area contributed by atoms with Crippen LogP contribution in [0.1, 0.15) is 5.56 Å². The highest BCUT2D eigenvalue weighted by Gasteiger charge is 2.30. The predicted molar refractivity (Wildman–Crippen MR) is 64.4 cm³/mol. The molecule has 6 nitrogen and oxygen atoms in total. The van der Waals surface area contributed by atoms with Crippen molar-refractivity contribution in [1.29, 1.82) is 0 Å². The van der Waals surface area contributed by atoms with E-state index in [0.717, 1.165) is 5.56 Å². The molecule has 0 aromatic heterocycles. The number of carbonyl (C=O) groups is 1. The molecule has 1 aromatic carbocycles. The number of aliphatic hydroxyl groups is 1. The second kappa shape index (κ2) is 5.86. The first-order valence-corrected chi connectivity index (χ1v) is 5.64. The van der Waals surface area contributed by atoms with Crippen molar-refractivity contribution >= 4 is 18.5 Å². The molecule has 1 heterocycles. The number of nitrogens with one attached hydrogen (secondary N) is 1. The van der Waals surface area contributed by atoms with E-state index in [1.807, 2.05) is 6.07 Å². The Morgan fingerprint density at radius 2 is 2.39 bits per heavy atom. The smallest absolute Gasteiger partial charge is 0.484 e. The van der Waals surface area contributed by atoms with E-state index in [2.05, 4.69) is 5.32 Å². The van der Waals surface area contributed by atoms with Gasteiger partial charge >= 0.3 is 7.12 Å². The zero-order chi connectivity index (χ0) is 13.0. The van der Waals surface area contributed by atoms with Crippen molar-refractivity contribution in [2.24, 2.45) is 0 Å². The van der Waals surface area contributed by atoms with Gasteiger partial charge in [-0.3, -0.25) is 4.79 Å². The molecule has 0 unspecified atom stereocenters. The first-order valence-electron chi connectivity index (χ1n) is 5.64. The second-order valence-electron chi connectivity index (χ2n) is 3.85. The van der Waals surface area contributed by atoms with Gasteiger partial charge in [-0.15, -0.1) is 0 Å². The molecule has 1 aromatic rings. The van der Waals surface area contributed by atoms with Crippen molar-refractivity contribution < 1.29 is 24.3 Å². The molecule has 0 aliphatic carbocycles. The van der Waals surface area contributed by atoms with E-state index in [0.29, 0.717) is 17.8 Å². The van der Waals surface area contributed by atoms with Gasteiger partial charge in [-0.1, -0.05) is 12.1 Å². The maximum Gasteiger partial charge on any atom is 0.495 e. The Hall–Kier alpha value is -1.57. The van der Waals surface area contributed by atoms with Crippen LogP contribution in [0, 0.1) is 0 Å². The van der Waals surface area contributed by atoms with Gasteiger partial charge in [-0.2, -0.15) is 0 Å². The monoisotopic (exact) mass is 251 g/mol. The molecule has 0 atom stereocenters. The number of amides is 1. The average molecular weight is 251 g/mol. The van der Waals surface area contributed by atoms with Crippen LogP contribution in [0.15, 0.2) is 18.2 Å². The molecule has 96 valence electrons. The maximum absolute atomic E-state index is 11.3. The van der Waals surface area contributed by atoms with Crippen LogP contribution >= 0.6 is 0 Å². The minimum absolute atomic E-state index is 0.112. The molecule has 0 radical (unpaired) electrons. The number of ether oxygens (including phenoxy) is 1. The second-order valence-corrected chi connectivity index (χ2v) is 3.85. The minimum atomic E-state index is -1.00. The summed E-state index contributed by atoms with van der Waals surface area (Å²) in [4.78, 5) is 11.3. The van der Waals surface area contributed by atoms with Crippen LogP contribution < -0.4 is 15.5 Å². The molecule has 0 bridgehead atoms. The fraction of sp³-hybridized carbons (Fsp3) is 0.364. The molecule has 0 spiro atoms. The molecule has 7 heteroatoms. The van der Waals surface area contributed by atoms with Gasteiger partial charge in [0, 0.05) is 12.0 Å². The summed E-state index contributed by atoms with van der Waals surface area (Å²) in [5, 5.41) is 20.7. The Labute approximate surface area is 105 Å². The van der Waals surface area contributed by atoms with Crippen molar-refractivity contribution in [3.05, 3.63) is 23.8 Å². The molecule has 1 aliphatic rings. The third-order valence-corrected chi connectivity index (χ3v) is 2.59. The van der Waals surface area contributed by atoms with Crippen molar-refractivity contribution in [3.63, 3.8) is 0 Å². The van der Waals surface area contributed by atoms with Crippen LogP contribution in [0.3, 0.4) is 0 Å². The fourth-order valence-electron chi connectivity index (χ4n) is 1.76. The highest BCUT2D eigenvalue weighted by Crippen LogP contribution is 2.17. The quantitative estimate of drug-likeness (QED) is 0.548. The molecule has 1 amide bonds. The van der Waals surface area contributed by atoms with Crippen LogP contribution in [0.5, 0.6) is 5.75 Å². The standard InChI is InChI=1S/C11H14BNO5/c14-5-4-13-10(15)7-17-9-3-1-2-8-6-18-12(16)11(8)9/h1-3,14,16H,4-7H2,(H,13,15). The van der Waals surface area contributed by atoms with E-state index >= 15 is 0 Å². The molecule has 2 rings (SSSR count). The van der Waals surface area contributed by atoms with Crippen molar-refractivity contribution in [2.75, 3.05) is 19.8 Å². The van der Waals surface area contributed by atoms with E-state index in [9.17, 15) is 9.82 Å². The van der Waals surface area contributed by atoms with Gasteiger partial charge in [-0.05, 0) is 11.6 Å². The number of rotatable bonds is 5. The first-order chi connectivity index (χ1) is 8.72. The lowest BCUT2D eigenvalue weighted by Crippen LogP contribution is -2.34. The van der Waals surface area contributed by atoms with Gasteiger partial charge in [-0.25, -0.2) is 0 Å². The van der Waals surface area contributed by atoms with E-state index in [-0.39, 0.29) is 25.7 Å². The first kappa shape index (κ1) is 12.9. The van der Waals surface area contributed by atoms with E-state index in [4.69, 9.17) is 14.5 Å². The highest BCUT2D eigenvalue weighted by atomic mass is 16.5. The summed E-state index contributed by atoms with van der Waals surface area (Å²) < 4.78 is 10.4. The topological polar surface area (TPSA) is 88.0 Å². The molecule has 0 saturated heterocycles. The van der Waals surface area contributed by atoms with Gasteiger partial charge in [0.05, 0.1) is 13.2 Å². The van der Waals surface area contributed by atoms with Crippen LogP contribution in [-0.4, -0.2) is 42.9 Å². The zero-order valence-corrected chi connectivity index (χ0v) is 9.76. The highest BCUT2D eigenvalue weighted by molar-refractivity contribution is 6.62. The third-order valence-electron chi connectivity index (χ3n) is 2.59. The third kappa shape index (κ3) is 2.81. The molecular weight excluding hydrogens is 237 g/mol. The lowest BCUT2D eigenvalue weighted by Gasteiger charge is -2.10.